The number of amides is 2. The van der Waals surface area contributed by atoms with Gasteiger partial charge in [-0.3, -0.25) is 9.59 Å². The summed E-state index contributed by atoms with van der Waals surface area (Å²) in [6, 6.07) is 10.1. The van der Waals surface area contributed by atoms with Crippen molar-refractivity contribution in [2.75, 3.05) is 18.5 Å². The Hall–Kier alpha value is -2.67. The SMILES string of the molecule is CC(=O)Nc1sc2c(c1C(=O)OCC(=O)NCCCc1ccccc1)CCCC2. The van der Waals surface area contributed by atoms with E-state index in [1.807, 2.05) is 18.2 Å². The number of carbonyl (C=O) groups excluding carboxylic acids is 3. The van der Waals surface area contributed by atoms with Crippen LogP contribution in [0.4, 0.5) is 5.00 Å². The summed E-state index contributed by atoms with van der Waals surface area (Å²) < 4.78 is 5.26. The average Bonchev–Trinajstić information content (AvgIpc) is 3.07. The highest BCUT2D eigenvalue weighted by Gasteiger charge is 2.27. The lowest BCUT2D eigenvalue weighted by Gasteiger charge is -2.13. The maximum atomic E-state index is 12.7. The summed E-state index contributed by atoms with van der Waals surface area (Å²) in [5, 5.41) is 6.04. The largest absolute Gasteiger partial charge is 0.452 e. The molecule has 1 aromatic carbocycles. The fourth-order valence-corrected chi connectivity index (χ4v) is 4.77. The third-order valence-corrected chi connectivity index (χ3v) is 6.01. The Labute approximate surface area is 174 Å². The predicted octanol–water partition coefficient (Wildman–Crippen LogP) is 3.49. The third-order valence-electron chi connectivity index (χ3n) is 4.81. The number of rotatable bonds is 8. The molecule has 0 fully saturated rings. The number of ether oxygens (including phenoxy) is 1. The van der Waals surface area contributed by atoms with Crippen molar-refractivity contribution in [3.63, 3.8) is 0 Å². The molecule has 0 atom stereocenters. The Balaban J connectivity index is 1.50. The van der Waals surface area contributed by atoms with Gasteiger partial charge >= 0.3 is 5.97 Å². The second kappa shape index (κ2) is 10.2. The highest BCUT2D eigenvalue weighted by Crippen LogP contribution is 2.38. The standard InChI is InChI=1S/C22H26N2O4S/c1-15(25)24-21-20(17-11-5-6-12-18(17)29-21)22(27)28-14-19(26)23-13-7-10-16-8-3-2-4-9-16/h2-4,8-9H,5-7,10-14H2,1H3,(H,23,26)(H,24,25). The zero-order chi connectivity index (χ0) is 20.6. The van der Waals surface area contributed by atoms with Crippen molar-refractivity contribution in [3.8, 4) is 0 Å². The third kappa shape index (κ3) is 5.90. The number of esters is 1. The topological polar surface area (TPSA) is 84.5 Å². The van der Waals surface area contributed by atoms with E-state index in [1.165, 1.54) is 23.8 Å². The van der Waals surface area contributed by atoms with Gasteiger partial charge in [0.25, 0.3) is 5.91 Å². The Bertz CT molecular complexity index is 876. The summed E-state index contributed by atoms with van der Waals surface area (Å²) in [5.41, 5.74) is 2.59. The first-order valence-electron chi connectivity index (χ1n) is 9.94. The molecular weight excluding hydrogens is 388 g/mol. The normalized spacial score (nSPS) is 12.7. The molecule has 7 heteroatoms. The molecule has 2 aromatic rings. The van der Waals surface area contributed by atoms with E-state index in [9.17, 15) is 14.4 Å². The minimum atomic E-state index is -0.549. The van der Waals surface area contributed by atoms with Crippen LogP contribution in [0.3, 0.4) is 0 Å². The number of anilines is 1. The second-order valence-electron chi connectivity index (χ2n) is 7.11. The van der Waals surface area contributed by atoms with Gasteiger partial charge in [0.2, 0.25) is 5.91 Å². The molecule has 154 valence electrons. The number of thiophene rings is 1. The molecule has 0 bridgehead atoms. The molecule has 6 nitrogen and oxygen atoms in total. The molecule has 0 radical (unpaired) electrons. The van der Waals surface area contributed by atoms with Crippen molar-refractivity contribution in [2.45, 2.75) is 45.4 Å². The van der Waals surface area contributed by atoms with Crippen LogP contribution in [-0.4, -0.2) is 30.9 Å². The van der Waals surface area contributed by atoms with Gasteiger partial charge < -0.3 is 15.4 Å². The average molecular weight is 415 g/mol. The molecule has 2 amide bonds. The van der Waals surface area contributed by atoms with E-state index >= 15 is 0 Å². The van der Waals surface area contributed by atoms with Crippen molar-refractivity contribution < 1.29 is 19.1 Å². The Morgan fingerprint density at radius 2 is 1.86 bits per heavy atom. The minimum Gasteiger partial charge on any atom is -0.452 e. The molecule has 0 unspecified atom stereocenters. The van der Waals surface area contributed by atoms with Crippen molar-refractivity contribution in [1.29, 1.82) is 0 Å². The van der Waals surface area contributed by atoms with Gasteiger partial charge in [-0.05, 0) is 49.7 Å². The van der Waals surface area contributed by atoms with Gasteiger partial charge in [0.15, 0.2) is 6.61 Å². The monoisotopic (exact) mass is 414 g/mol. The van der Waals surface area contributed by atoms with E-state index in [-0.39, 0.29) is 18.4 Å². The molecular formula is C22H26N2O4S. The van der Waals surface area contributed by atoms with Crippen LogP contribution in [0, 0.1) is 0 Å². The van der Waals surface area contributed by atoms with E-state index in [4.69, 9.17) is 4.74 Å². The molecule has 1 heterocycles. The summed E-state index contributed by atoms with van der Waals surface area (Å²) in [5.74, 6) is -1.10. The summed E-state index contributed by atoms with van der Waals surface area (Å²) in [6.45, 7) is 1.61. The molecule has 29 heavy (non-hydrogen) atoms. The van der Waals surface area contributed by atoms with E-state index in [0.29, 0.717) is 17.1 Å². The van der Waals surface area contributed by atoms with Crippen molar-refractivity contribution in [1.82, 2.24) is 5.32 Å². The van der Waals surface area contributed by atoms with Crippen LogP contribution >= 0.6 is 11.3 Å². The van der Waals surface area contributed by atoms with Crippen LogP contribution in [0.5, 0.6) is 0 Å². The zero-order valence-corrected chi connectivity index (χ0v) is 17.4. The maximum Gasteiger partial charge on any atom is 0.341 e. The van der Waals surface area contributed by atoms with Crippen LogP contribution in [0.1, 0.15) is 52.5 Å². The molecule has 1 aliphatic carbocycles. The number of aryl methyl sites for hydroxylation is 2. The molecule has 0 saturated heterocycles. The van der Waals surface area contributed by atoms with Gasteiger partial charge in [-0.25, -0.2) is 4.79 Å². The van der Waals surface area contributed by atoms with Crippen LogP contribution in [0.2, 0.25) is 0 Å². The quantitative estimate of drug-likeness (QED) is 0.512. The van der Waals surface area contributed by atoms with Gasteiger partial charge in [0, 0.05) is 18.3 Å². The highest BCUT2D eigenvalue weighted by atomic mass is 32.1. The van der Waals surface area contributed by atoms with Crippen molar-refractivity contribution >= 4 is 34.1 Å². The lowest BCUT2D eigenvalue weighted by atomic mass is 9.95. The number of hydrogen-bond acceptors (Lipinski definition) is 5. The molecule has 3 rings (SSSR count). The lowest BCUT2D eigenvalue weighted by molar-refractivity contribution is -0.124. The minimum absolute atomic E-state index is 0.228. The molecule has 0 aliphatic heterocycles. The number of carbonyl (C=O) groups is 3. The van der Waals surface area contributed by atoms with Crippen LogP contribution in [-0.2, 0) is 33.6 Å². The van der Waals surface area contributed by atoms with Gasteiger partial charge in [0.05, 0.1) is 5.56 Å². The molecule has 0 spiro atoms. The first-order chi connectivity index (χ1) is 14.0. The van der Waals surface area contributed by atoms with Crippen molar-refractivity contribution in [3.05, 3.63) is 51.9 Å². The Morgan fingerprint density at radius 3 is 2.62 bits per heavy atom. The van der Waals surface area contributed by atoms with E-state index < -0.39 is 5.97 Å². The van der Waals surface area contributed by atoms with Crippen molar-refractivity contribution in [2.24, 2.45) is 0 Å². The fourth-order valence-electron chi connectivity index (χ4n) is 3.45. The summed E-state index contributed by atoms with van der Waals surface area (Å²) in [6.07, 6.45) is 5.47. The molecule has 0 saturated carbocycles. The van der Waals surface area contributed by atoms with E-state index in [2.05, 4.69) is 22.8 Å². The molecule has 2 N–H and O–H groups in total. The van der Waals surface area contributed by atoms with Crippen LogP contribution < -0.4 is 10.6 Å². The van der Waals surface area contributed by atoms with Gasteiger partial charge in [0.1, 0.15) is 5.00 Å². The molecule has 1 aliphatic rings. The zero-order valence-electron chi connectivity index (χ0n) is 16.6. The van der Waals surface area contributed by atoms with Gasteiger partial charge in [-0.2, -0.15) is 0 Å². The Morgan fingerprint density at radius 1 is 1.10 bits per heavy atom. The smallest absolute Gasteiger partial charge is 0.341 e. The summed E-state index contributed by atoms with van der Waals surface area (Å²) in [4.78, 5) is 37.3. The van der Waals surface area contributed by atoms with Gasteiger partial charge in [-0.15, -0.1) is 11.3 Å². The number of nitrogens with one attached hydrogen (secondary N) is 2. The number of hydrogen-bond donors (Lipinski definition) is 2. The van der Waals surface area contributed by atoms with E-state index in [1.54, 1.807) is 0 Å². The molecule has 1 aromatic heterocycles. The highest BCUT2D eigenvalue weighted by molar-refractivity contribution is 7.17. The lowest BCUT2D eigenvalue weighted by Crippen LogP contribution is -2.30. The second-order valence-corrected chi connectivity index (χ2v) is 8.22. The van der Waals surface area contributed by atoms with Crippen LogP contribution in [0.25, 0.3) is 0 Å². The number of fused-ring (bicyclic) bond motifs is 1. The fraction of sp³-hybridized carbons (Fsp3) is 0.409. The van der Waals surface area contributed by atoms with Crippen LogP contribution in [0.15, 0.2) is 30.3 Å². The first-order valence-corrected chi connectivity index (χ1v) is 10.8. The maximum absolute atomic E-state index is 12.7. The van der Waals surface area contributed by atoms with E-state index in [0.717, 1.165) is 49.0 Å². The predicted molar refractivity (Wildman–Crippen MR) is 113 cm³/mol. The van der Waals surface area contributed by atoms with Gasteiger partial charge in [-0.1, -0.05) is 30.3 Å². The number of benzene rings is 1. The Kier molecular flexibility index (Phi) is 7.41. The first kappa shape index (κ1) is 21.0. The summed E-state index contributed by atoms with van der Waals surface area (Å²) in [7, 11) is 0. The summed E-state index contributed by atoms with van der Waals surface area (Å²) >= 11 is 1.43.